The van der Waals surface area contributed by atoms with Gasteiger partial charge in [-0.2, -0.15) is 0 Å². The SMILES string of the molecule is C[C@H](NC(=O)CCc1ncc(-c2c(F)cccc2F)o1)c1ccc(Cl)cc1. The summed E-state index contributed by atoms with van der Waals surface area (Å²) in [5.74, 6) is -1.41. The molecule has 7 heteroatoms. The van der Waals surface area contributed by atoms with Crippen molar-refractivity contribution in [2.45, 2.75) is 25.8 Å². The van der Waals surface area contributed by atoms with E-state index in [0.29, 0.717) is 5.02 Å². The summed E-state index contributed by atoms with van der Waals surface area (Å²) in [6, 6.07) is 10.6. The van der Waals surface area contributed by atoms with E-state index in [1.807, 2.05) is 19.1 Å². The van der Waals surface area contributed by atoms with E-state index in [1.54, 1.807) is 12.1 Å². The van der Waals surface area contributed by atoms with Gasteiger partial charge in [0.2, 0.25) is 5.91 Å². The van der Waals surface area contributed by atoms with Crippen LogP contribution in [-0.2, 0) is 11.2 Å². The molecule has 4 nitrogen and oxygen atoms in total. The number of amides is 1. The third kappa shape index (κ3) is 4.71. The van der Waals surface area contributed by atoms with Crippen molar-refractivity contribution in [2.24, 2.45) is 0 Å². The second-order valence-electron chi connectivity index (χ2n) is 6.06. The average Bonchev–Trinajstić information content (AvgIpc) is 3.09. The first kappa shape index (κ1) is 19.0. The molecule has 0 bridgehead atoms. The highest BCUT2D eigenvalue weighted by molar-refractivity contribution is 6.30. The molecule has 140 valence electrons. The minimum Gasteiger partial charge on any atom is -0.441 e. The fourth-order valence-corrected chi connectivity index (χ4v) is 2.77. The van der Waals surface area contributed by atoms with Crippen LogP contribution in [-0.4, -0.2) is 10.9 Å². The Bertz CT molecular complexity index is 921. The van der Waals surface area contributed by atoms with Crippen LogP contribution in [0.1, 0.15) is 30.8 Å². The summed E-state index contributed by atoms with van der Waals surface area (Å²) in [6.45, 7) is 1.87. The number of nitrogens with one attached hydrogen (secondary N) is 1. The largest absolute Gasteiger partial charge is 0.441 e. The van der Waals surface area contributed by atoms with Crippen molar-refractivity contribution in [3.8, 4) is 11.3 Å². The van der Waals surface area contributed by atoms with E-state index in [1.165, 1.54) is 12.3 Å². The Kier molecular flexibility index (Phi) is 5.86. The van der Waals surface area contributed by atoms with Crippen LogP contribution in [0.4, 0.5) is 8.78 Å². The lowest BCUT2D eigenvalue weighted by atomic mass is 10.1. The van der Waals surface area contributed by atoms with Gasteiger partial charge in [-0.15, -0.1) is 0 Å². The summed E-state index contributed by atoms with van der Waals surface area (Å²) >= 11 is 5.85. The third-order valence-electron chi connectivity index (χ3n) is 4.08. The number of aryl methyl sites for hydroxylation is 1. The number of rotatable bonds is 6. The van der Waals surface area contributed by atoms with Gasteiger partial charge < -0.3 is 9.73 Å². The third-order valence-corrected chi connectivity index (χ3v) is 4.33. The second-order valence-corrected chi connectivity index (χ2v) is 6.49. The molecule has 3 aromatic rings. The summed E-state index contributed by atoms with van der Waals surface area (Å²) in [6.07, 6.45) is 1.61. The van der Waals surface area contributed by atoms with E-state index in [4.69, 9.17) is 16.0 Å². The number of carbonyl (C=O) groups excluding carboxylic acids is 1. The van der Waals surface area contributed by atoms with Crippen LogP contribution < -0.4 is 5.32 Å². The number of carbonyl (C=O) groups is 1. The summed E-state index contributed by atoms with van der Waals surface area (Å²) in [7, 11) is 0. The van der Waals surface area contributed by atoms with E-state index in [9.17, 15) is 13.6 Å². The Morgan fingerprint density at radius 2 is 1.85 bits per heavy atom. The van der Waals surface area contributed by atoms with Crippen LogP contribution >= 0.6 is 11.6 Å². The van der Waals surface area contributed by atoms with E-state index >= 15 is 0 Å². The van der Waals surface area contributed by atoms with Crippen molar-refractivity contribution >= 4 is 17.5 Å². The van der Waals surface area contributed by atoms with Crippen molar-refractivity contribution in [2.75, 3.05) is 0 Å². The summed E-state index contributed by atoms with van der Waals surface area (Å²) < 4.78 is 33.0. The first-order valence-corrected chi connectivity index (χ1v) is 8.75. The van der Waals surface area contributed by atoms with Gasteiger partial charge in [-0.25, -0.2) is 13.8 Å². The molecule has 0 aliphatic carbocycles. The molecular weight excluding hydrogens is 374 g/mol. The lowest BCUT2D eigenvalue weighted by molar-refractivity contribution is -0.121. The van der Waals surface area contributed by atoms with Crippen molar-refractivity contribution < 1.29 is 18.0 Å². The van der Waals surface area contributed by atoms with Gasteiger partial charge in [-0.05, 0) is 36.8 Å². The zero-order chi connectivity index (χ0) is 19.4. The number of hydrogen-bond donors (Lipinski definition) is 1. The maximum atomic E-state index is 13.8. The molecule has 0 unspecified atom stereocenters. The molecular formula is C20H17ClF2N2O2. The number of benzene rings is 2. The first-order valence-electron chi connectivity index (χ1n) is 8.38. The van der Waals surface area contributed by atoms with E-state index in [2.05, 4.69) is 10.3 Å². The van der Waals surface area contributed by atoms with Crippen molar-refractivity contribution in [1.29, 1.82) is 0 Å². The van der Waals surface area contributed by atoms with Crippen LogP contribution in [0.25, 0.3) is 11.3 Å². The normalized spacial score (nSPS) is 12.0. The van der Waals surface area contributed by atoms with Gasteiger partial charge in [-0.3, -0.25) is 4.79 Å². The Balaban J connectivity index is 1.58. The average molecular weight is 391 g/mol. The molecule has 0 saturated carbocycles. The Hall–Kier alpha value is -2.73. The van der Waals surface area contributed by atoms with E-state index in [-0.39, 0.29) is 42.0 Å². The quantitative estimate of drug-likeness (QED) is 0.638. The highest BCUT2D eigenvalue weighted by Gasteiger charge is 2.17. The zero-order valence-corrected chi connectivity index (χ0v) is 15.3. The maximum absolute atomic E-state index is 13.8. The van der Waals surface area contributed by atoms with Gasteiger partial charge in [0.15, 0.2) is 11.7 Å². The number of oxazole rings is 1. The minimum atomic E-state index is -0.729. The van der Waals surface area contributed by atoms with Gasteiger partial charge in [0.25, 0.3) is 0 Å². The van der Waals surface area contributed by atoms with Crippen LogP contribution in [0.3, 0.4) is 0 Å². The molecule has 0 aliphatic rings. The first-order chi connectivity index (χ1) is 12.9. The predicted molar refractivity (Wildman–Crippen MR) is 98.2 cm³/mol. The molecule has 27 heavy (non-hydrogen) atoms. The Morgan fingerprint density at radius 3 is 2.52 bits per heavy atom. The molecule has 0 spiro atoms. The van der Waals surface area contributed by atoms with Gasteiger partial charge >= 0.3 is 0 Å². The monoisotopic (exact) mass is 390 g/mol. The van der Waals surface area contributed by atoms with Crippen LogP contribution in [0.5, 0.6) is 0 Å². The summed E-state index contributed by atoms with van der Waals surface area (Å²) in [5.41, 5.74) is 0.665. The number of hydrogen-bond acceptors (Lipinski definition) is 3. The van der Waals surface area contributed by atoms with Crippen LogP contribution in [0.15, 0.2) is 53.1 Å². The van der Waals surface area contributed by atoms with Gasteiger partial charge in [0.1, 0.15) is 11.6 Å². The summed E-state index contributed by atoms with van der Waals surface area (Å²) in [5, 5.41) is 3.50. The highest BCUT2D eigenvalue weighted by atomic mass is 35.5. The van der Waals surface area contributed by atoms with Gasteiger partial charge in [0, 0.05) is 17.9 Å². The minimum absolute atomic E-state index is 0.00413. The number of nitrogens with zero attached hydrogens (tertiary/aromatic N) is 1. The molecule has 1 heterocycles. The summed E-state index contributed by atoms with van der Waals surface area (Å²) in [4.78, 5) is 16.1. The molecule has 1 aromatic heterocycles. The zero-order valence-electron chi connectivity index (χ0n) is 14.5. The van der Waals surface area contributed by atoms with E-state index in [0.717, 1.165) is 17.7 Å². The molecule has 0 saturated heterocycles. The molecule has 1 atom stereocenters. The second kappa shape index (κ2) is 8.31. The topological polar surface area (TPSA) is 55.1 Å². The predicted octanol–water partition coefficient (Wildman–Crippen LogP) is 5.08. The fourth-order valence-electron chi connectivity index (χ4n) is 2.64. The molecule has 0 radical (unpaired) electrons. The molecule has 1 amide bonds. The lowest BCUT2D eigenvalue weighted by Gasteiger charge is -2.14. The molecule has 2 aromatic carbocycles. The Morgan fingerprint density at radius 1 is 1.19 bits per heavy atom. The lowest BCUT2D eigenvalue weighted by Crippen LogP contribution is -2.26. The number of halogens is 3. The van der Waals surface area contributed by atoms with Crippen molar-refractivity contribution in [3.63, 3.8) is 0 Å². The number of aromatic nitrogens is 1. The standard InChI is InChI=1S/C20H17ClF2N2O2/c1-12(13-5-7-14(21)8-6-13)25-18(26)9-10-19-24-11-17(27-19)20-15(22)3-2-4-16(20)23/h2-8,11-12H,9-10H2,1H3,(H,25,26)/t12-/m0/s1. The molecule has 0 aliphatic heterocycles. The van der Waals surface area contributed by atoms with E-state index < -0.39 is 11.6 Å². The molecule has 1 N–H and O–H groups in total. The maximum Gasteiger partial charge on any atom is 0.220 e. The van der Waals surface area contributed by atoms with Crippen molar-refractivity contribution in [1.82, 2.24) is 10.3 Å². The van der Waals surface area contributed by atoms with Crippen LogP contribution in [0, 0.1) is 11.6 Å². The smallest absolute Gasteiger partial charge is 0.220 e. The fraction of sp³-hybridized carbons (Fsp3) is 0.200. The molecule has 0 fully saturated rings. The van der Waals surface area contributed by atoms with Crippen molar-refractivity contribution in [3.05, 3.63) is 76.8 Å². The molecule has 3 rings (SSSR count). The van der Waals surface area contributed by atoms with Gasteiger partial charge in [-0.1, -0.05) is 29.8 Å². The van der Waals surface area contributed by atoms with Gasteiger partial charge in [0.05, 0.1) is 17.8 Å². The van der Waals surface area contributed by atoms with Crippen LogP contribution in [0.2, 0.25) is 5.02 Å². The highest BCUT2D eigenvalue weighted by Crippen LogP contribution is 2.26. The Labute approximate surface area is 160 Å².